The van der Waals surface area contributed by atoms with Crippen molar-refractivity contribution in [1.29, 1.82) is 0 Å². The number of carbonyl (C=O) groups excluding carboxylic acids is 1. The summed E-state index contributed by atoms with van der Waals surface area (Å²) < 4.78 is 41.0. The van der Waals surface area contributed by atoms with Crippen molar-refractivity contribution in [3.05, 3.63) is 41.7 Å². The number of rotatable bonds is 2. The Morgan fingerprint density at radius 3 is 2.29 bits per heavy atom. The van der Waals surface area contributed by atoms with Crippen molar-refractivity contribution in [1.82, 2.24) is 5.16 Å². The zero-order chi connectivity index (χ0) is 12.5. The minimum absolute atomic E-state index is 0.0785. The number of carbonyl (C=O) groups is 1. The van der Waals surface area contributed by atoms with Gasteiger partial charge in [-0.15, -0.1) is 0 Å². The van der Waals surface area contributed by atoms with Crippen molar-refractivity contribution in [2.75, 3.05) is 0 Å². The molecule has 0 N–H and O–H groups in total. The smallest absolute Gasteiger partial charge is 0.351 e. The van der Waals surface area contributed by atoms with E-state index in [0.29, 0.717) is 17.4 Å². The molecule has 88 valence electrons. The van der Waals surface area contributed by atoms with E-state index in [1.165, 1.54) is 24.3 Å². The van der Waals surface area contributed by atoms with Crippen molar-refractivity contribution < 1.29 is 22.5 Å². The molecule has 0 spiro atoms. The normalized spacial score (nSPS) is 11.5. The van der Waals surface area contributed by atoms with Crippen LogP contribution in [-0.4, -0.2) is 11.4 Å². The molecule has 0 atom stereocenters. The van der Waals surface area contributed by atoms with Crippen LogP contribution >= 0.6 is 0 Å². The summed E-state index contributed by atoms with van der Waals surface area (Å²) >= 11 is 0. The maximum Gasteiger partial charge on any atom is 0.452 e. The molecular formula is C11H6F3NO2. The lowest BCUT2D eigenvalue weighted by Gasteiger charge is -1.97. The van der Waals surface area contributed by atoms with E-state index in [0.717, 1.165) is 6.07 Å². The van der Waals surface area contributed by atoms with Crippen molar-refractivity contribution in [3.8, 4) is 11.3 Å². The van der Waals surface area contributed by atoms with Crippen molar-refractivity contribution in [3.63, 3.8) is 0 Å². The molecule has 17 heavy (non-hydrogen) atoms. The largest absolute Gasteiger partial charge is 0.452 e. The Kier molecular flexibility index (Phi) is 2.71. The van der Waals surface area contributed by atoms with Gasteiger partial charge in [0.25, 0.3) is 0 Å². The number of nitrogens with zero attached hydrogens (tertiary/aromatic N) is 1. The second-order valence-electron chi connectivity index (χ2n) is 3.31. The number of aromatic nitrogens is 1. The van der Waals surface area contributed by atoms with Gasteiger partial charge in [0.15, 0.2) is 0 Å². The third-order valence-electron chi connectivity index (χ3n) is 2.13. The molecule has 0 saturated heterocycles. The van der Waals surface area contributed by atoms with Crippen LogP contribution in [0.15, 0.2) is 34.9 Å². The first-order valence-corrected chi connectivity index (χ1v) is 4.60. The van der Waals surface area contributed by atoms with Gasteiger partial charge >= 0.3 is 6.18 Å². The summed E-state index contributed by atoms with van der Waals surface area (Å²) in [6.45, 7) is 0. The summed E-state index contributed by atoms with van der Waals surface area (Å²) in [6.07, 6.45) is -3.90. The number of benzene rings is 1. The lowest BCUT2D eigenvalue weighted by atomic mass is 10.1. The number of hydrogen-bond donors (Lipinski definition) is 0. The summed E-state index contributed by atoms with van der Waals surface area (Å²) in [5, 5.41) is 3.33. The molecule has 2 aromatic rings. The number of hydrogen-bond acceptors (Lipinski definition) is 3. The second-order valence-corrected chi connectivity index (χ2v) is 3.31. The van der Waals surface area contributed by atoms with E-state index in [1.807, 2.05) is 0 Å². The standard InChI is InChI=1S/C11H6F3NO2/c12-11(13,14)10-5-9(15-17-10)8-3-1-7(6-16)2-4-8/h1-6H. The fourth-order valence-corrected chi connectivity index (χ4v) is 1.28. The fraction of sp³-hybridized carbons (Fsp3) is 0.0909. The van der Waals surface area contributed by atoms with Gasteiger partial charge in [0.1, 0.15) is 12.0 Å². The fourth-order valence-electron chi connectivity index (χ4n) is 1.28. The van der Waals surface area contributed by atoms with Crippen LogP contribution in [0.25, 0.3) is 11.3 Å². The quantitative estimate of drug-likeness (QED) is 0.758. The molecule has 0 radical (unpaired) electrons. The molecule has 0 amide bonds. The van der Waals surface area contributed by atoms with E-state index in [1.54, 1.807) is 0 Å². The highest BCUT2D eigenvalue weighted by Crippen LogP contribution is 2.32. The number of alkyl halides is 3. The monoisotopic (exact) mass is 241 g/mol. The summed E-state index contributed by atoms with van der Waals surface area (Å²) in [7, 11) is 0. The minimum Gasteiger partial charge on any atom is -0.351 e. The highest BCUT2D eigenvalue weighted by molar-refractivity contribution is 5.76. The van der Waals surface area contributed by atoms with Crippen molar-refractivity contribution >= 4 is 6.29 Å². The predicted molar refractivity (Wildman–Crippen MR) is 52.3 cm³/mol. The predicted octanol–water partition coefficient (Wildman–Crippen LogP) is 3.17. The molecule has 2 rings (SSSR count). The zero-order valence-electron chi connectivity index (χ0n) is 8.36. The molecule has 1 aromatic heterocycles. The molecule has 0 fully saturated rings. The molecule has 6 heteroatoms. The van der Waals surface area contributed by atoms with Crippen molar-refractivity contribution in [2.24, 2.45) is 0 Å². The van der Waals surface area contributed by atoms with E-state index < -0.39 is 11.9 Å². The van der Waals surface area contributed by atoms with Gasteiger partial charge < -0.3 is 4.52 Å². The summed E-state index contributed by atoms with van der Waals surface area (Å²) in [6, 6.07) is 6.80. The molecule has 0 bridgehead atoms. The van der Waals surface area contributed by atoms with Gasteiger partial charge in [-0.1, -0.05) is 29.4 Å². The Balaban J connectivity index is 2.33. The van der Waals surface area contributed by atoms with E-state index in [9.17, 15) is 18.0 Å². The molecule has 0 aliphatic rings. The molecule has 1 aromatic carbocycles. The van der Waals surface area contributed by atoms with Crippen LogP contribution in [0.5, 0.6) is 0 Å². The molecule has 3 nitrogen and oxygen atoms in total. The number of halogens is 3. The maximum absolute atomic E-state index is 12.3. The van der Waals surface area contributed by atoms with E-state index in [4.69, 9.17) is 0 Å². The Morgan fingerprint density at radius 2 is 1.82 bits per heavy atom. The molecular weight excluding hydrogens is 235 g/mol. The van der Waals surface area contributed by atoms with E-state index in [-0.39, 0.29) is 5.69 Å². The molecule has 1 heterocycles. The third kappa shape index (κ3) is 2.35. The van der Waals surface area contributed by atoms with Crippen LogP contribution in [0.4, 0.5) is 13.2 Å². The first-order chi connectivity index (χ1) is 8.00. The van der Waals surface area contributed by atoms with E-state index >= 15 is 0 Å². The van der Waals surface area contributed by atoms with Crippen LogP contribution in [0.3, 0.4) is 0 Å². The topological polar surface area (TPSA) is 43.1 Å². The summed E-state index contributed by atoms with van der Waals surface area (Å²) in [4.78, 5) is 10.4. The van der Waals surface area contributed by atoms with Gasteiger partial charge in [-0.25, -0.2) is 0 Å². The van der Waals surface area contributed by atoms with Crippen molar-refractivity contribution in [2.45, 2.75) is 6.18 Å². The molecule has 0 saturated carbocycles. The first-order valence-electron chi connectivity index (χ1n) is 4.60. The lowest BCUT2D eigenvalue weighted by Crippen LogP contribution is -2.02. The maximum atomic E-state index is 12.3. The van der Waals surface area contributed by atoms with Crippen LogP contribution in [-0.2, 0) is 6.18 Å². The molecule has 0 aliphatic heterocycles. The van der Waals surface area contributed by atoms with Gasteiger partial charge in [-0.3, -0.25) is 4.79 Å². The van der Waals surface area contributed by atoms with Crippen LogP contribution in [0, 0.1) is 0 Å². The Morgan fingerprint density at radius 1 is 1.18 bits per heavy atom. The van der Waals surface area contributed by atoms with Gasteiger partial charge in [-0.2, -0.15) is 13.2 Å². The average molecular weight is 241 g/mol. The summed E-state index contributed by atoms with van der Waals surface area (Å²) in [5.41, 5.74) is 0.970. The molecule has 0 unspecified atom stereocenters. The third-order valence-corrected chi connectivity index (χ3v) is 2.13. The summed E-state index contributed by atoms with van der Waals surface area (Å²) in [5.74, 6) is -1.15. The highest BCUT2D eigenvalue weighted by Gasteiger charge is 2.36. The zero-order valence-corrected chi connectivity index (χ0v) is 8.36. The second kappa shape index (κ2) is 4.04. The van der Waals surface area contributed by atoms with Crippen LogP contribution in [0.1, 0.15) is 16.1 Å². The SMILES string of the molecule is O=Cc1ccc(-c2cc(C(F)(F)F)on2)cc1. The highest BCUT2D eigenvalue weighted by atomic mass is 19.4. The minimum atomic E-state index is -4.55. The van der Waals surface area contributed by atoms with Gasteiger partial charge in [0.2, 0.25) is 5.76 Å². The Bertz CT molecular complexity index is 528. The molecule has 0 aliphatic carbocycles. The van der Waals surface area contributed by atoms with Gasteiger partial charge in [-0.05, 0) is 0 Å². The Labute approximate surface area is 93.8 Å². The van der Waals surface area contributed by atoms with Gasteiger partial charge in [0.05, 0.1) is 0 Å². The van der Waals surface area contributed by atoms with Crippen LogP contribution in [0.2, 0.25) is 0 Å². The first kappa shape index (κ1) is 11.4. The Hall–Kier alpha value is -2.11. The van der Waals surface area contributed by atoms with Crippen LogP contribution < -0.4 is 0 Å². The van der Waals surface area contributed by atoms with Gasteiger partial charge in [0, 0.05) is 17.2 Å². The van der Waals surface area contributed by atoms with E-state index in [2.05, 4.69) is 9.68 Å². The lowest BCUT2D eigenvalue weighted by molar-refractivity contribution is -0.155. The number of aldehydes is 1. The average Bonchev–Trinajstić information content (AvgIpc) is 2.78.